The second kappa shape index (κ2) is 10.5. The molecule has 0 spiro atoms. The van der Waals surface area contributed by atoms with Crippen LogP contribution in [0, 0.1) is 11.3 Å². The van der Waals surface area contributed by atoms with E-state index in [0.717, 1.165) is 5.82 Å². The highest BCUT2D eigenvalue weighted by Gasteiger charge is 2.23. The maximum absolute atomic E-state index is 12.8. The lowest BCUT2D eigenvalue weighted by molar-refractivity contribution is 0.0746. The van der Waals surface area contributed by atoms with Crippen LogP contribution in [0.4, 0.5) is 11.5 Å². The molecule has 1 aromatic heterocycles. The van der Waals surface area contributed by atoms with Gasteiger partial charge in [0.15, 0.2) is 0 Å². The van der Waals surface area contributed by atoms with Crippen molar-refractivity contribution in [3.05, 3.63) is 83.6 Å². The van der Waals surface area contributed by atoms with Crippen molar-refractivity contribution in [3.63, 3.8) is 0 Å². The quantitative estimate of drug-likeness (QED) is 0.610. The van der Waals surface area contributed by atoms with E-state index in [1.54, 1.807) is 53.6 Å². The molecule has 1 N–H and O–H groups in total. The lowest BCUT2D eigenvalue weighted by Gasteiger charge is -2.35. The summed E-state index contributed by atoms with van der Waals surface area (Å²) < 4.78 is 5.53. The largest absolute Gasteiger partial charge is 0.493 e. The fourth-order valence-corrected chi connectivity index (χ4v) is 3.82. The van der Waals surface area contributed by atoms with Crippen molar-refractivity contribution < 1.29 is 14.3 Å². The standard InChI is InChI=1S/C26H25N5O3/c1-2-34-23-9-4-3-8-22(23)25(32)29-21-10-11-24(28-18-21)30-12-14-31(15-13-30)26(33)20-7-5-6-19(16-20)17-27/h3-11,16,18H,2,12-15H2,1H3,(H,29,32). The number of anilines is 2. The van der Waals surface area contributed by atoms with Crippen LogP contribution in [0.2, 0.25) is 0 Å². The van der Waals surface area contributed by atoms with Crippen LogP contribution < -0.4 is 15.0 Å². The van der Waals surface area contributed by atoms with E-state index in [9.17, 15) is 9.59 Å². The van der Waals surface area contributed by atoms with Gasteiger partial charge in [0.25, 0.3) is 11.8 Å². The van der Waals surface area contributed by atoms with Gasteiger partial charge in [0.2, 0.25) is 0 Å². The molecule has 0 unspecified atom stereocenters. The van der Waals surface area contributed by atoms with E-state index in [-0.39, 0.29) is 11.8 Å². The summed E-state index contributed by atoms with van der Waals surface area (Å²) in [5.41, 5.74) is 2.06. The van der Waals surface area contributed by atoms with Gasteiger partial charge in [-0.25, -0.2) is 4.98 Å². The maximum atomic E-state index is 12.8. The first kappa shape index (κ1) is 22.8. The van der Waals surface area contributed by atoms with E-state index < -0.39 is 0 Å². The zero-order valence-electron chi connectivity index (χ0n) is 18.9. The second-order valence-corrected chi connectivity index (χ2v) is 7.76. The number of aromatic nitrogens is 1. The number of pyridine rings is 1. The molecule has 0 bridgehead atoms. The highest BCUT2D eigenvalue weighted by atomic mass is 16.5. The molecule has 0 atom stereocenters. The number of nitriles is 1. The minimum absolute atomic E-state index is 0.0740. The number of nitrogens with one attached hydrogen (secondary N) is 1. The van der Waals surface area contributed by atoms with Crippen molar-refractivity contribution in [2.45, 2.75) is 6.92 Å². The Hall–Kier alpha value is -4.38. The van der Waals surface area contributed by atoms with Gasteiger partial charge in [-0.3, -0.25) is 9.59 Å². The van der Waals surface area contributed by atoms with E-state index in [1.165, 1.54) is 0 Å². The summed E-state index contributed by atoms with van der Waals surface area (Å²) in [7, 11) is 0. The predicted molar refractivity (Wildman–Crippen MR) is 129 cm³/mol. The number of benzene rings is 2. The van der Waals surface area contributed by atoms with Crippen molar-refractivity contribution >= 4 is 23.3 Å². The molecule has 2 aromatic carbocycles. The highest BCUT2D eigenvalue weighted by Crippen LogP contribution is 2.21. The molecule has 0 aliphatic carbocycles. The Balaban J connectivity index is 1.35. The molecule has 3 aromatic rings. The molecule has 4 rings (SSSR count). The van der Waals surface area contributed by atoms with E-state index in [2.05, 4.69) is 21.3 Å². The first-order chi connectivity index (χ1) is 16.6. The molecule has 1 saturated heterocycles. The number of rotatable bonds is 6. The second-order valence-electron chi connectivity index (χ2n) is 7.76. The summed E-state index contributed by atoms with van der Waals surface area (Å²) in [4.78, 5) is 33.8. The predicted octanol–water partition coefficient (Wildman–Crippen LogP) is 3.57. The van der Waals surface area contributed by atoms with Crippen LogP contribution in [0.1, 0.15) is 33.2 Å². The van der Waals surface area contributed by atoms with Crippen LogP contribution in [0.3, 0.4) is 0 Å². The van der Waals surface area contributed by atoms with Gasteiger partial charge in [-0.15, -0.1) is 0 Å². The summed E-state index contributed by atoms with van der Waals surface area (Å²) in [5.74, 6) is 0.992. The van der Waals surface area contributed by atoms with Crippen molar-refractivity contribution in [1.82, 2.24) is 9.88 Å². The lowest BCUT2D eigenvalue weighted by Crippen LogP contribution is -2.49. The van der Waals surface area contributed by atoms with Crippen molar-refractivity contribution in [2.75, 3.05) is 43.0 Å². The number of hydrogen-bond acceptors (Lipinski definition) is 6. The summed E-state index contributed by atoms with van der Waals surface area (Å²) in [6, 6.07) is 19.6. The molecule has 1 aliphatic heterocycles. The summed E-state index contributed by atoms with van der Waals surface area (Å²) in [6.45, 7) is 4.76. The molecule has 0 saturated carbocycles. The Labute approximate surface area is 198 Å². The van der Waals surface area contributed by atoms with Gasteiger partial charge >= 0.3 is 0 Å². The summed E-state index contributed by atoms with van der Waals surface area (Å²) in [5, 5.41) is 11.9. The van der Waals surface area contributed by atoms with Crippen molar-refractivity contribution in [3.8, 4) is 11.8 Å². The molecule has 8 heteroatoms. The third-order valence-electron chi connectivity index (χ3n) is 5.57. The van der Waals surface area contributed by atoms with Gasteiger partial charge in [-0.1, -0.05) is 18.2 Å². The number of para-hydroxylation sites is 1. The fraction of sp³-hybridized carbons (Fsp3) is 0.231. The SMILES string of the molecule is CCOc1ccccc1C(=O)Nc1ccc(N2CCN(C(=O)c3cccc(C#N)c3)CC2)nc1. The smallest absolute Gasteiger partial charge is 0.259 e. The van der Waals surface area contributed by atoms with Gasteiger partial charge < -0.3 is 19.9 Å². The van der Waals surface area contributed by atoms with Crippen LogP contribution in [0.5, 0.6) is 5.75 Å². The van der Waals surface area contributed by atoms with E-state index in [0.29, 0.717) is 60.9 Å². The molecule has 8 nitrogen and oxygen atoms in total. The first-order valence-corrected chi connectivity index (χ1v) is 11.1. The molecule has 1 fully saturated rings. The Kier molecular flexibility index (Phi) is 7.04. The Bertz CT molecular complexity index is 1210. The van der Waals surface area contributed by atoms with Crippen LogP contribution >= 0.6 is 0 Å². The molecule has 2 amide bonds. The van der Waals surface area contributed by atoms with E-state index in [1.807, 2.05) is 25.1 Å². The van der Waals surface area contributed by atoms with E-state index >= 15 is 0 Å². The average Bonchev–Trinajstić information content (AvgIpc) is 2.89. The van der Waals surface area contributed by atoms with Gasteiger partial charge in [0.1, 0.15) is 11.6 Å². The Morgan fingerprint density at radius 3 is 2.56 bits per heavy atom. The minimum Gasteiger partial charge on any atom is -0.493 e. The van der Waals surface area contributed by atoms with Gasteiger partial charge in [0.05, 0.1) is 35.7 Å². The number of piperazine rings is 1. The van der Waals surface area contributed by atoms with Gasteiger partial charge in [-0.2, -0.15) is 5.26 Å². The zero-order chi connectivity index (χ0) is 23.9. The van der Waals surface area contributed by atoms with Crippen LogP contribution in [-0.2, 0) is 0 Å². The van der Waals surface area contributed by atoms with Crippen LogP contribution in [0.25, 0.3) is 0 Å². The minimum atomic E-state index is -0.258. The molecule has 1 aliphatic rings. The Morgan fingerprint density at radius 1 is 1.06 bits per heavy atom. The number of nitrogens with zero attached hydrogens (tertiary/aromatic N) is 4. The van der Waals surface area contributed by atoms with Crippen molar-refractivity contribution in [2.24, 2.45) is 0 Å². The Morgan fingerprint density at radius 2 is 1.85 bits per heavy atom. The molecular formula is C26H25N5O3. The van der Waals surface area contributed by atoms with Gasteiger partial charge in [0, 0.05) is 31.7 Å². The average molecular weight is 456 g/mol. The number of carbonyl (C=O) groups is 2. The maximum Gasteiger partial charge on any atom is 0.259 e. The molecule has 0 radical (unpaired) electrons. The fourth-order valence-electron chi connectivity index (χ4n) is 3.82. The topological polar surface area (TPSA) is 98.6 Å². The summed E-state index contributed by atoms with van der Waals surface area (Å²) in [6.07, 6.45) is 1.63. The van der Waals surface area contributed by atoms with Crippen LogP contribution in [0.15, 0.2) is 66.9 Å². The monoisotopic (exact) mass is 455 g/mol. The normalized spacial score (nSPS) is 13.2. The zero-order valence-corrected chi connectivity index (χ0v) is 18.9. The van der Waals surface area contributed by atoms with Crippen LogP contribution in [-0.4, -0.2) is 54.5 Å². The third kappa shape index (κ3) is 5.15. The van der Waals surface area contributed by atoms with Crippen molar-refractivity contribution in [1.29, 1.82) is 5.26 Å². The number of hydrogen-bond donors (Lipinski definition) is 1. The third-order valence-corrected chi connectivity index (χ3v) is 5.57. The van der Waals surface area contributed by atoms with Gasteiger partial charge in [-0.05, 0) is 49.4 Å². The number of ether oxygens (including phenoxy) is 1. The molecule has 2 heterocycles. The molecule has 172 valence electrons. The number of carbonyl (C=O) groups excluding carboxylic acids is 2. The lowest BCUT2D eigenvalue weighted by atomic mass is 10.1. The molecular weight excluding hydrogens is 430 g/mol. The molecule has 34 heavy (non-hydrogen) atoms. The highest BCUT2D eigenvalue weighted by molar-refractivity contribution is 6.06. The summed E-state index contributed by atoms with van der Waals surface area (Å²) >= 11 is 0. The first-order valence-electron chi connectivity index (χ1n) is 11.1. The number of amides is 2. The van der Waals surface area contributed by atoms with E-state index in [4.69, 9.17) is 10.00 Å².